The molecule has 2 saturated heterocycles. The number of aliphatic carboxylic acids is 1. The molecule has 2 heterocycles. The molecule has 0 radical (unpaired) electrons. The van der Waals surface area contributed by atoms with Crippen molar-refractivity contribution in [2.24, 2.45) is 5.73 Å². The number of hydrogen-bond donors (Lipinski definition) is 3. The predicted octanol–water partition coefficient (Wildman–Crippen LogP) is -0.0785. The molecule has 3 atom stereocenters. The van der Waals surface area contributed by atoms with Crippen molar-refractivity contribution in [3.05, 3.63) is 0 Å². The molecule has 0 bridgehead atoms. The molecule has 0 aromatic heterocycles. The molecule has 6 heteroatoms. The smallest absolute Gasteiger partial charge is 0.303 e. The van der Waals surface area contributed by atoms with Crippen LogP contribution in [0.5, 0.6) is 0 Å². The van der Waals surface area contributed by atoms with Gasteiger partial charge >= 0.3 is 5.97 Å². The van der Waals surface area contributed by atoms with Crippen LogP contribution in [0.4, 0.5) is 0 Å². The summed E-state index contributed by atoms with van der Waals surface area (Å²) in [6.45, 7) is 2.23. The maximum atomic E-state index is 11.9. The Hall–Kier alpha value is -1.14. The van der Waals surface area contributed by atoms with E-state index in [0.717, 1.165) is 19.4 Å². The van der Waals surface area contributed by atoms with E-state index in [1.54, 1.807) is 0 Å². The van der Waals surface area contributed by atoms with Crippen molar-refractivity contribution in [2.75, 3.05) is 13.1 Å². The number of rotatable bonds is 5. The number of carbonyl (C=O) groups is 2. The molecule has 3 unspecified atom stereocenters. The summed E-state index contributed by atoms with van der Waals surface area (Å²) in [4.78, 5) is 24.8. The largest absolute Gasteiger partial charge is 0.481 e. The average molecular weight is 269 g/mol. The summed E-state index contributed by atoms with van der Waals surface area (Å²) in [5, 5.41) is 11.5. The third-order valence-corrected chi connectivity index (χ3v) is 4.17. The van der Waals surface area contributed by atoms with Crippen molar-refractivity contribution in [1.29, 1.82) is 0 Å². The van der Waals surface area contributed by atoms with Gasteiger partial charge in [-0.3, -0.25) is 9.59 Å². The van der Waals surface area contributed by atoms with Gasteiger partial charge in [-0.2, -0.15) is 0 Å². The summed E-state index contributed by atoms with van der Waals surface area (Å²) in [5.74, 6) is -1.12. The summed E-state index contributed by atoms with van der Waals surface area (Å²) >= 11 is 0. The minimum atomic E-state index is -0.914. The highest BCUT2D eigenvalue weighted by molar-refractivity contribution is 5.82. The Morgan fingerprint density at radius 1 is 1.37 bits per heavy atom. The van der Waals surface area contributed by atoms with Gasteiger partial charge < -0.3 is 21.1 Å². The molecule has 2 fully saturated rings. The number of carboxylic acid groups (broad SMARTS) is 1. The molecular formula is C13H23N3O3. The Kier molecular flexibility index (Phi) is 4.76. The molecule has 108 valence electrons. The van der Waals surface area contributed by atoms with E-state index in [2.05, 4.69) is 10.2 Å². The van der Waals surface area contributed by atoms with Crippen LogP contribution in [-0.2, 0) is 9.59 Å². The second kappa shape index (κ2) is 6.34. The number of carbonyl (C=O) groups excluding carboxylic acids is 1. The molecular weight excluding hydrogens is 246 g/mol. The second-order valence-electron chi connectivity index (χ2n) is 5.60. The molecule has 0 aromatic carbocycles. The van der Waals surface area contributed by atoms with Gasteiger partial charge in [-0.25, -0.2) is 0 Å². The molecule has 0 aliphatic carbocycles. The zero-order valence-corrected chi connectivity index (χ0v) is 11.2. The summed E-state index contributed by atoms with van der Waals surface area (Å²) in [6, 6.07) is 0.0923. The third-order valence-electron chi connectivity index (χ3n) is 4.17. The van der Waals surface area contributed by atoms with Crippen molar-refractivity contribution in [3.63, 3.8) is 0 Å². The second-order valence-corrected chi connectivity index (χ2v) is 5.60. The number of piperidine rings is 1. The minimum absolute atomic E-state index is 0.0599. The molecule has 0 spiro atoms. The molecule has 2 aliphatic heterocycles. The van der Waals surface area contributed by atoms with E-state index < -0.39 is 12.0 Å². The van der Waals surface area contributed by atoms with Crippen LogP contribution < -0.4 is 11.1 Å². The highest BCUT2D eigenvalue weighted by atomic mass is 16.4. The lowest BCUT2D eigenvalue weighted by molar-refractivity contribution is -0.137. The van der Waals surface area contributed by atoms with Gasteiger partial charge in [0.25, 0.3) is 0 Å². The lowest BCUT2D eigenvalue weighted by Gasteiger charge is -2.35. The number of hydrogen-bond acceptors (Lipinski definition) is 4. The fraction of sp³-hybridized carbons (Fsp3) is 0.846. The van der Waals surface area contributed by atoms with Crippen LogP contribution in [0.1, 0.15) is 38.5 Å². The zero-order chi connectivity index (χ0) is 13.8. The van der Waals surface area contributed by atoms with Crippen LogP contribution in [0.2, 0.25) is 0 Å². The minimum Gasteiger partial charge on any atom is -0.481 e. The Balaban J connectivity index is 1.74. The van der Waals surface area contributed by atoms with Crippen molar-refractivity contribution in [2.45, 2.75) is 56.7 Å². The first-order valence-corrected chi connectivity index (χ1v) is 7.08. The van der Waals surface area contributed by atoms with Crippen molar-refractivity contribution in [3.8, 4) is 0 Å². The fourth-order valence-electron chi connectivity index (χ4n) is 3.07. The van der Waals surface area contributed by atoms with E-state index in [-0.39, 0.29) is 24.8 Å². The first-order valence-electron chi connectivity index (χ1n) is 7.08. The first kappa shape index (κ1) is 14.3. The van der Waals surface area contributed by atoms with Crippen LogP contribution in [0.3, 0.4) is 0 Å². The Bertz CT molecular complexity index is 348. The Morgan fingerprint density at radius 2 is 2.16 bits per heavy atom. The summed E-state index contributed by atoms with van der Waals surface area (Å²) in [7, 11) is 0. The van der Waals surface area contributed by atoms with E-state index in [1.807, 2.05) is 0 Å². The predicted molar refractivity (Wildman–Crippen MR) is 70.6 cm³/mol. The fourth-order valence-corrected chi connectivity index (χ4v) is 3.07. The summed E-state index contributed by atoms with van der Waals surface area (Å²) in [5.41, 5.74) is 5.70. The van der Waals surface area contributed by atoms with Crippen LogP contribution in [0.25, 0.3) is 0 Å². The quantitative estimate of drug-likeness (QED) is 0.649. The van der Waals surface area contributed by atoms with Gasteiger partial charge in [0.15, 0.2) is 0 Å². The average Bonchev–Trinajstić information content (AvgIpc) is 2.83. The normalized spacial score (nSPS) is 28.7. The van der Waals surface area contributed by atoms with E-state index in [0.29, 0.717) is 6.04 Å². The standard InChI is InChI=1S/C13H23N3O3/c14-11(3-4-12(17)18)13(19)15-9-5-7-16-6-1-2-10(16)8-9/h9-11H,1-8,14H2,(H,15,19)(H,17,18). The highest BCUT2D eigenvalue weighted by Crippen LogP contribution is 2.26. The highest BCUT2D eigenvalue weighted by Gasteiger charge is 2.32. The van der Waals surface area contributed by atoms with E-state index in [9.17, 15) is 9.59 Å². The maximum Gasteiger partial charge on any atom is 0.303 e. The molecule has 6 nitrogen and oxygen atoms in total. The van der Waals surface area contributed by atoms with Crippen LogP contribution in [0.15, 0.2) is 0 Å². The van der Waals surface area contributed by atoms with Crippen molar-refractivity contribution in [1.82, 2.24) is 10.2 Å². The monoisotopic (exact) mass is 269 g/mol. The van der Waals surface area contributed by atoms with Crippen molar-refractivity contribution < 1.29 is 14.7 Å². The molecule has 4 N–H and O–H groups in total. The summed E-state index contributed by atoms with van der Waals surface area (Å²) in [6.07, 6.45) is 4.57. The molecule has 19 heavy (non-hydrogen) atoms. The van der Waals surface area contributed by atoms with Crippen LogP contribution in [-0.4, -0.2) is 53.1 Å². The molecule has 0 aromatic rings. The number of nitrogens with zero attached hydrogens (tertiary/aromatic N) is 1. The number of fused-ring (bicyclic) bond motifs is 1. The number of nitrogens with one attached hydrogen (secondary N) is 1. The maximum absolute atomic E-state index is 11.9. The van der Waals surface area contributed by atoms with E-state index >= 15 is 0 Å². The molecule has 1 amide bonds. The lowest BCUT2D eigenvalue weighted by Crippen LogP contribution is -2.51. The lowest BCUT2D eigenvalue weighted by atomic mass is 9.97. The van der Waals surface area contributed by atoms with Gasteiger partial charge in [-0.1, -0.05) is 0 Å². The Labute approximate surface area is 113 Å². The van der Waals surface area contributed by atoms with Gasteiger partial charge in [0.05, 0.1) is 6.04 Å². The molecule has 0 saturated carbocycles. The first-order chi connectivity index (χ1) is 9.06. The number of amides is 1. The van der Waals surface area contributed by atoms with E-state index in [4.69, 9.17) is 10.8 Å². The topological polar surface area (TPSA) is 95.7 Å². The van der Waals surface area contributed by atoms with Crippen LogP contribution >= 0.6 is 0 Å². The molecule has 2 rings (SSSR count). The zero-order valence-electron chi connectivity index (χ0n) is 11.2. The van der Waals surface area contributed by atoms with Gasteiger partial charge in [0, 0.05) is 25.0 Å². The van der Waals surface area contributed by atoms with Gasteiger partial charge in [-0.05, 0) is 38.6 Å². The number of carboxylic acids is 1. The SMILES string of the molecule is NC(CCC(=O)O)C(=O)NC1CCN2CCCC2C1. The third kappa shape index (κ3) is 3.91. The van der Waals surface area contributed by atoms with Crippen LogP contribution in [0, 0.1) is 0 Å². The number of nitrogens with two attached hydrogens (primary N) is 1. The molecule has 2 aliphatic rings. The summed E-state index contributed by atoms with van der Waals surface area (Å²) < 4.78 is 0. The van der Waals surface area contributed by atoms with Gasteiger partial charge in [0.1, 0.15) is 0 Å². The van der Waals surface area contributed by atoms with Gasteiger partial charge in [0.2, 0.25) is 5.91 Å². The van der Waals surface area contributed by atoms with Gasteiger partial charge in [-0.15, -0.1) is 0 Å². The van der Waals surface area contributed by atoms with E-state index in [1.165, 1.54) is 19.4 Å². The Morgan fingerprint density at radius 3 is 2.89 bits per heavy atom. The van der Waals surface area contributed by atoms with Crippen molar-refractivity contribution >= 4 is 11.9 Å².